The summed E-state index contributed by atoms with van der Waals surface area (Å²) in [6.07, 6.45) is 5.35. The molecule has 1 amide bonds. The molecule has 0 saturated heterocycles. The maximum absolute atomic E-state index is 11.7. The lowest BCUT2D eigenvalue weighted by molar-refractivity contribution is -0.684. The Morgan fingerprint density at radius 3 is 2.65 bits per heavy atom. The number of hydrogen-bond donors (Lipinski definition) is 1. The van der Waals surface area contributed by atoms with E-state index in [2.05, 4.69) is 15.5 Å². The first kappa shape index (κ1) is 15.8. The van der Waals surface area contributed by atoms with E-state index in [1.165, 1.54) is 0 Å². The molecule has 0 saturated carbocycles. The Morgan fingerprint density at radius 2 is 2.00 bits per heavy atom. The van der Waals surface area contributed by atoms with E-state index in [0.29, 0.717) is 5.71 Å². The standard InChI is InChI=1S/C14H14N4O.ClH/c1-12(13-7-3-4-8-15-13)16-17-14(19)11-18-9-5-2-6-10-18;/h2-10H,11H2,1H3;1H. The molecule has 6 heteroatoms. The highest BCUT2D eigenvalue weighted by atomic mass is 35.5. The molecule has 0 fully saturated rings. The largest absolute Gasteiger partial charge is 1.00 e. The van der Waals surface area contributed by atoms with Gasteiger partial charge in [-0.15, -0.1) is 0 Å². The van der Waals surface area contributed by atoms with Crippen LogP contribution in [0.15, 0.2) is 60.1 Å². The third kappa shape index (κ3) is 4.78. The number of carbonyl (C=O) groups is 1. The molecule has 0 aromatic carbocycles. The monoisotopic (exact) mass is 290 g/mol. The molecular formula is C14H15ClN4O. The molecule has 2 aromatic rings. The van der Waals surface area contributed by atoms with Crippen molar-refractivity contribution < 1.29 is 21.8 Å². The van der Waals surface area contributed by atoms with Crippen LogP contribution in [0.1, 0.15) is 12.6 Å². The van der Waals surface area contributed by atoms with Crippen molar-refractivity contribution >= 4 is 11.6 Å². The number of nitrogens with zero attached hydrogens (tertiary/aromatic N) is 3. The number of aromatic nitrogens is 2. The number of halogens is 1. The van der Waals surface area contributed by atoms with Crippen molar-refractivity contribution in [3.63, 3.8) is 0 Å². The van der Waals surface area contributed by atoms with Gasteiger partial charge in [0.1, 0.15) is 0 Å². The van der Waals surface area contributed by atoms with Crippen LogP contribution < -0.4 is 22.4 Å². The normalized spacial score (nSPS) is 10.6. The summed E-state index contributed by atoms with van der Waals surface area (Å²) in [7, 11) is 0. The van der Waals surface area contributed by atoms with Crippen LogP contribution in [0.25, 0.3) is 0 Å². The van der Waals surface area contributed by atoms with Crippen LogP contribution in [0.5, 0.6) is 0 Å². The molecule has 2 heterocycles. The van der Waals surface area contributed by atoms with Crippen molar-refractivity contribution in [1.82, 2.24) is 10.4 Å². The van der Waals surface area contributed by atoms with E-state index in [4.69, 9.17) is 0 Å². The first-order valence-electron chi connectivity index (χ1n) is 5.94. The lowest BCUT2D eigenvalue weighted by Crippen LogP contribution is -3.00. The number of rotatable bonds is 4. The fourth-order valence-electron chi connectivity index (χ4n) is 1.52. The quantitative estimate of drug-likeness (QED) is 0.399. The van der Waals surface area contributed by atoms with Gasteiger partial charge in [-0.05, 0) is 19.1 Å². The van der Waals surface area contributed by atoms with Crippen LogP contribution in [0.3, 0.4) is 0 Å². The molecule has 0 bridgehead atoms. The lowest BCUT2D eigenvalue weighted by Gasteiger charge is -2.00. The topological polar surface area (TPSA) is 58.2 Å². The molecule has 20 heavy (non-hydrogen) atoms. The number of nitrogens with one attached hydrogen (secondary N) is 1. The van der Waals surface area contributed by atoms with Gasteiger partial charge >= 0.3 is 5.91 Å². The zero-order valence-corrected chi connectivity index (χ0v) is 11.8. The molecule has 2 rings (SSSR count). The van der Waals surface area contributed by atoms with Gasteiger partial charge in [-0.2, -0.15) is 9.67 Å². The number of hydrazone groups is 1. The molecule has 0 unspecified atom stereocenters. The molecule has 5 nitrogen and oxygen atoms in total. The van der Waals surface area contributed by atoms with Gasteiger partial charge in [0.25, 0.3) is 0 Å². The Balaban J connectivity index is 0.00000200. The zero-order valence-electron chi connectivity index (χ0n) is 11.0. The summed E-state index contributed by atoms with van der Waals surface area (Å²) in [5.41, 5.74) is 3.94. The Kier molecular flexibility index (Phi) is 6.32. The summed E-state index contributed by atoms with van der Waals surface area (Å²) >= 11 is 0. The van der Waals surface area contributed by atoms with Crippen LogP contribution in [-0.2, 0) is 11.3 Å². The highest BCUT2D eigenvalue weighted by Gasteiger charge is 2.07. The summed E-state index contributed by atoms with van der Waals surface area (Å²) in [5.74, 6) is -0.175. The number of carbonyl (C=O) groups excluding carboxylic acids is 1. The zero-order chi connectivity index (χ0) is 13.5. The van der Waals surface area contributed by atoms with Crippen molar-refractivity contribution in [2.24, 2.45) is 5.10 Å². The van der Waals surface area contributed by atoms with E-state index in [1.54, 1.807) is 17.7 Å². The minimum atomic E-state index is -0.175. The van der Waals surface area contributed by atoms with E-state index in [-0.39, 0.29) is 24.9 Å². The average Bonchev–Trinajstić information content (AvgIpc) is 2.47. The summed E-state index contributed by atoms with van der Waals surface area (Å²) in [5, 5.41) is 4.03. The SMILES string of the molecule is C/C(=N/NC(=O)C[n+]1ccccc1)c1ccccn1.[Cl-]. The first-order valence-corrected chi connectivity index (χ1v) is 5.94. The van der Waals surface area contributed by atoms with Crippen LogP contribution in [0, 0.1) is 0 Å². The van der Waals surface area contributed by atoms with E-state index < -0.39 is 0 Å². The maximum Gasteiger partial charge on any atom is 0.305 e. The summed E-state index contributed by atoms with van der Waals surface area (Å²) < 4.78 is 1.78. The molecule has 1 N–H and O–H groups in total. The van der Waals surface area contributed by atoms with Crippen molar-refractivity contribution in [2.45, 2.75) is 13.5 Å². The first-order chi connectivity index (χ1) is 9.25. The van der Waals surface area contributed by atoms with Crippen LogP contribution in [-0.4, -0.2) is 16.6 Å². The third-order valence-electron chi connectivity index (χ3n) is 2.49. The second-order valence-electron chi connectivity index (χ2n) is 3.99. The molecule has 104 valence electrons. The van der Waals surface area contributed by atoms with Crippen LogP contribution >= 0.6 is 0 Å². The van der Waals surface area contributed by atoms with Gasteiger partial charge in [0.05, 0.1) is 11.4 Å². The second-order valence-corrected chi connectivity index (χ2v) is 3.99. The smallest absolute Gasteiger partial charge is 0.305 e. The van der Waals surface area contributed by atoms with Gasteiger partial charge in [-0.25, -0.2) is 5.43 Å². The van der Waals surface area contributed by atoms with Crippen molar-refractivity contribution in [3.05, 3.63) is 60.7 Å². The van der Waals surface area contributed by atoms with E-state index in [1.807, 2.05) is 48.8 Å². The maximum atomic E-state index is 11.7. The predicted molar refractivity (Wildman–Crippen MR) is 71.2 cm³/mol. The average molecular weight is 291 g/mol. The highest BCUT2D eigenvalue weighted by Crippen LogP contribution is 1.94. The van der Waals surface area contributed by atoms with Gasteiger partial charge in [-0.3, -0.25) is 9.78 Å². The molecule has 0 aliphatic carbocycles. The van der Waals surface area contributed by atoms with Crippen molar-refractivity contribution in [2.75, 3.05) is 0 Å². The Morgan fingerprint density at radius 1 is 1.25 bits per heavy atom. The Hall–Kier alpha value is -2.27. The van der Waals surface area contributed by atoms with Crippen LogP contribution in [0.2, 0.25) is 0 Å². The molecule has 0 radical (unpaired) electrons. The van der Waals surface area contributed by atoms with Crippen LogP contribution in [0.4, 0.5) is 0 Å². The minimum absolute atomic E-state index is 0. The number of hydrogen-bond acceptors (Lipinski definition) is 3. The fraction of sp³-hybridized carbons (Fsp3) is 0.143. The van der Waals surface area contributed by atoms with Crippen molar-refractivity contribution in [3.8, 4) is 0 Å². The fourth-order valence-corrected chi connectivity index (χ4v) is 1.52. The van der Waals surface area contributed by atoms with Gasteiger partial charge in [0.15, 0.2) is 12.4 Å². The molecule has 0 aliphatic rings. The molecule has 2 aromatic heterocycles. The van der Waals surface area contributed by atoms with E-state index in [9.17, 15) is 4.79 Å². The van der Waals surface area contributed by atoms with Gasteiger partial charge in [0, 0.05) is 18.3 Å². The highest BCUT2D eigenvalue weighted by molar-refractivity contribution is 5.97. The molecule has 0 aliphatic heterocycles. The van der Waals surface area contributed by atoms with Gasteiger partial charge in [0.2, 0.25) is 6.54 Å². The predicted octanol–water partition coefficient (Wildman–Crippen LogP) is -2.09. The van der Waals surface area contributed by atoms with E-state index in [0.717, 1.165) is 5.69 Å². The summed E-state index contributed by atoms with van der Waals surface area (Å²) in [4.78, 5) is 15.8. The Bertz CT molecular complexity index is 572. The second kappa shape index (κ2) is 8.01. The Labute approximate surface area is 123 Å². The lowest BCUT2D eigenvalue weighted by atomic mass is 10.3. The summed E-state index contributed by atoms with van der Waals surface area (Å²) in [6.45, 7) is 2.04. The molecule has 0 atom stereocenters. The summed E-state index contributed by atoms with van der Waals surface area (Å²) in [6, 6.07) is 11.2. The van der Waals surface area contributed by atoms with Gasteiger partial charge in [-0.1, -0.05) is 12.1 Å². The third-order valence-corrected chi connectivity index (χ3v) is 2.49. The number of amides is 1. The molecular weight excluding hydrogens is 276 g/mol. The van der Waals surface area contributed by atoms with Crippen molar-refractivity contribution in [1.29, 1.82) is 0 Å². The molecule has 0 spiro atoms. The van der Waals surface area contributed by atoms with E-state index >= 15 is 0 Å². The van der Waals surface area contributed by atoms with Gasteiger partial charge < -0.3 is 12.4 Å². The number of pyridine rings is 2. The minimum Gasteiger partial charge on any atom is -1.00 e.